The van der Waals surface area contributed by atoms with E-state index in [9.17, 15) is 57.1 Å². The van der Waals surface area contributed by atoms with Crippen LogP contribution in [0.5, 0.6) is 23.0 Å². The highest BCUT2D eigenvalue weighted by atomic mass is 19.4. The van der Waals surface area contributed by atoms with Gasteiger partial charge in [-0.05, 0) is 0 Å². The van der Waals surface area contributed by atoms with Crippen molar-refractivity contribution in [3.8, 4) is 23.0 Å². The van der Waals surface area contributed by atoms with Crippen LogP contribution in [-0.2, 0) is 12.4 Å². The van der Waals surface area contributed by atoms with E-state index in [2.05, 4.69) is 9.47 Å². The maximum absolute atomic E-state index is 14.7. The minimum Gasteiger partial charge on any atom is -0.450 e. The summed E-state index contributed by atoms with van der Waals surface area (Å²) in [6, 6.07) is -0.818. The summed E-state index contributed by atoms with van der Waals surface area (Å²) in [4.78, 5) is 0. The van der Waals surface area contributed by atoms with Crippen LogP contribution in [0.15, 0.2) is 18.2 Å². The van der Waals surface area contributed by atoms with Gasteiger partial charge in [-0.1, -0.05) is 0 Å². The zero-order chi connectivity index (χ0) is 28.2. The minimum absolute atomic E-state index is 0.176. The van der Waals surface area contributed by atoms with Crippen LogP contribution in [0.4, 0.5) is 68.5 Å². The maximum Gasteiger partial charge on any atom is 0.422 e. The van der Waals surface area contributed by atoms with Crippen molar-refractivity contribution >= 4 is 11.4 Å². The van der Waals surface area contributed by atoms with Crippen molar-refractivity contribution in [3.05, 3.63) is 70.0 Å². The van der Waals surface area contributed by atoms with Crippen molar-refractivity contribution in [2.24, 2.45) is 0 Å². The average molecular weight is 554 g/mol. The smallest absolute Gasteiger partial charge is 0.422 e. The molecule has 3 aromatic rings. The van der Waals surface area contributed by atoms with Crippen LogP contribution in [0.2, 0.25) is 0 Å². The molecule has 0 unspecified atom stereocenters. The first-order valence-corrected chi connectivity index (χ1v) is 9.08. The highest BCUT2D eigenvalue weighted by Crippen LogP contribution is 2.50. The molecule has 0 atom stereocenters. The van der Waals surface area contributed by atoms with Crippen LogP contribution in [0, 0.1) is 40.7 Å². The van der Waals surface area contributed by atoms with Crippen LogP contribution >= 0.6 is 0 Å². The van der Waals surface area contributed by atoms with E-state index in [0.29, 0.717) is 0 Å². The lowest BCUT2D eigenvalue weighted by atomic mass is 10.1. The number of benzene rings is 3. The van der Waals surface area contributed by atoms with Crippen molar-refractivity contribution in [1.82, 2.24) is 0 Å². The van der Waals surface area contributed by atoms with Gasteiger partial charge in [-0.2, -0.15) is 26.3 Å². The lowest BCUT2D eigenvalue weighted by Gasteiger charge is -2.22. The Morgan fingerprint density at radius 2 is 0.811 bits per heavy atom. The fourth-order valence-corrected chi connectivity index (χ4v) is 2.87. The summed E-state index contributed by atoms with van der Waals surface area (Å²) in [6.45, 7) is 0. The summed E-state index contributed by atoms with van der Waals surface area (Å²) in [5.41, 5.74) is 1.09. The standard InChI is InChI=1S/C20H7F13N2O2/c21-4-1-6(23)17(13(26)15(4)34)36-8-3-9(37-18-7(24)2-5(22)16(35)14(18)27)11(20(31,32)33)12(25)10(8)19(28,29)30/h1-3H,34-35H2. The van der Waals surface area contributed by atoms with Crippen molar-refractivity contribution < 1.29 is 66.5 Å². The van der Waals surface area contributed by atoms with Gasteiger partial charge in [-0.25, -0.2) is 30.7 Å². The molecule has 0 spiro atoms. The molecule has 0 aliphatic rings. The molecule has 0 fully saturated rings. The number of nitrogens with two attached hydrogens (primary N) is 2. The first-order valence-electron chi connectivity index (χ1n) is 9.08. The molecule has 0 aliphatic heterocycles. The number of anilines is 2. The predicted octanol–water partition coefficient (Wildman–Crippen LogP) is 7.45. The van der Waals surface area contributed by atoms with E-state index in [-0.39, 0.29) is 12.1 Å². The molecule has 0 radical (unpaired) electrons. The molecule has 3 rings (SSSR count). The second-order valence-electron chi connectivity index (χ2n) is 6.93. The Kier molecular flexibility index (Phi) is 6.78. The third kappa shape index (κ3) is 4.97. The summed E-state index contributed by atoms with van der Waals surface area (Å²) >= 11 is 0. The maximum atomic E-state index is 14.7. The molecule has 0 amide bonds. The molecule has 4 nitrogen and oxygen atoms in total. The van der Waals surface area contributed by atoms with Crippen LogP contribution in [0.1, 0.15) is 11.1 Å². The van der Waals surface area contributed by atoms with E-state index in [0.717, 1.165) is 0 Å². The summed E-state index contributed by atoms with van der Waals surface area (Å²) in [5, 5.41) is 0. The lowest BCUT2D eigenvalue weighted by molar-refractivity contribution is -0.149. The number of rotatable bonds is 4. The zero-order valence-electron chi connectivity index (χ0n) is 17.1. The normalized spacial score (nSPS) is 12.1. The van der Waals surface area contributed by atoms with Gasteiger partial charge in [-0.15, -0.1) is 0 Å². The molecule has 3 aromatic carbocycles. The van der Waals surface area contributed by atoms with Gasteiger partial charge in [0.2, 0.25) is 11.5 Å². The molecular formula is C20H7F13N2O2. The monoisotopic (exact) mass is 554 g/mol. The number of nitrogen functional groups attached to an aromatic ring is 2. The van der Waals surface area contributed by atoms with Crippen molar-refractivity contribution in [1.29, 1.82) is 0 Å². The molecule has 37 heavy (non-hydrogen) atoms. The van der Waals surface area contributed by atoms with Gasteiger partial charge in [0, 0.05) is 18.2 Å². The molecule has 4 N–H and O–H groups in total. The minimum atomic E-state index is -6.05. The highest BCUT2D eigenvalue weighted by molar-refractivity contribution is 5.56. The Bertz CT molecular complexity index is 1300. The summed E-state index contributed by atoms with van der Waals surface area (Å²) < 4.78 is 188. The van der Waals surface area contributed by atoms with Crippen LogP contribution in [0.25, 0.3) is 0 Å². The summed E-state index contributed by atoms with van der Waals surface area (Å²) in [7, 11) is 0. The lowest BCUT2D eigenvalue weighted by Crippen LogP contribution is -2.18. The molecule has 0 saturated carbocycles. The van der Waals surface area contributed by atoms with Crippen molar-refractivity contribution in [2.75, 3.05) is 11.5 Å². The van der Waals surface area contributed by atoms with Gasteiger partial charge in [0.05, 0.1) is 0 Å². The van der Waals surface area contributed by atoms with Gasteiger partial charge in [-0.3, -0.25) is 0 Å². The first kappa shape index (κ1) is 27.5. The van der Waals surface area contributed by atoms with Crippen molar-refractivity contribution in [3.63, 3.8) is 0 Å². The molecule has 0 saturated heterocycles. The Balaban J connectivity index is 2.37. The molecule has 200 valence electrons. The average Bonchev–Trinajstić information content (AvgIpc) is 2.74. The van der Waals surface area contributed by atoms with Crippen LogP contribution < -0.4 is 20.9 Å². The Hall–Kier alpha value is -4.05. The predicted molar refractivity (Wildman–Crippen MR) is 98.0 cm³/mol. The fourth-order valence-electron chi connectivity index (χ4n) is 2.87. The van der Waals surface area contributed by atoms with Gasteiger partial charge in [0.15, 0.2) is 40.7 Å². The van der Waals surface area contributed by atoms with Crippen LogP contribution in [-0.4, -0.2) is 0 Å². The first-order chi connectivity index (χ1) is 16.9. The van der Waals surface area contributed by atoms with E-state index >= 15 is 0 Å². The highest BCUT2D eigenvalue weighted by Gasteiger charge is 2.47. The van der Waals surface area contributed by atoms with E-state index in [1.54, 1.807) is 0 Å². The second-order valence-corrected chi connectivity index (χ2v) is 6.93. The summed E-state index contributed by atoms with van der Waals surface area (Å²) in [6.07, 6.45) is -12.1. The topological polar surface area (TPSA) is 70.5 Å². The van der Waals surface area contributed by atoms with Gasteiger partial charge in [0.25, 0.3) is 0 Å². The van der Waals surface area contributed by atoms with E-state index in [1.807, 2.05) is 0 Å². The van der Waals surface area contributed by atoms with Crippen LogP contribution in [0.3, 0.4) is 0 Å². The van der Waals surface area contributed by atoms with Gasteiger partial charge < -0.3 is 20.9 Å². The third-order valence-electron chi connectivity index (χ3n) is 4.51. The van der Waals surface area contributed by atoms with Crippen molar-refractivity contribution in [2.45, 2.75) is 12.4 Å². The Morgan fingerprint density at radius 1 is 0.486 bits per heavy atom. The van der Waals surface area contributed by atoms with Gasteiger partial charge in [0.1, 0.15) is 34.0 Å². The number of halogens is 13. The van der Waals surface area contributed by atoms with Gasteiger partial charge >= 0.3 is 12.4 Å². The number of alkyl halides is 6. The molecule has 0 aliphatic carbocycles. The molecule has 0 bridgehead atoms. The van der Waals surface area contributed by atoms with E-state index in [4.69, 9.17) is 11.5 Å². The van der Waals surface area contributed by atoms with E-state index in [1.165, 1.54) is 0 Å². The SMILES string of the molecule is Nc1c(F)cc(F)c(Oc2cc(Oc3c(F)cc(F)c(N)c3F)c(C(F)(F)F)c(F)c2C(F)(F)F)c1F. The second kappa shape index (κ2) is 9.11. The molecular weight excluding hydrogens is 547 g/mol. The molecule has 0 heterocycles. The molecule has 17 heteroatoms. The summed E-state index contributed by atoms with van der Waals surface area (Å²) in [5.74, 6) is -23.3. The fraction of sp³-hybridized carbons (Fsp3) is 0.100. The third-order valence-corrected chi connectivity index (χ3v) is 4.51. The zero-order valence-corrected chi connectivity index (χ0v) is 17.1. The number of hydrogen-bond acceptors (Lipinski definition) is 4. The number of hydrogen-bond donors (Lipinski definition) is 2. The van der Waals surface area contributed by atoms with E-state index < -0.39 is 105 Å². The quantitative estimate of drug-likeness (QED) is 0.260. The Morgan fingerprint density at radius 3 is 1.11 bits per heavy atom. The molecule has 0 aromatic heterocycles. The largest absolute Gasteiger partial charge is 0.450 e. The Labute approximate surface area is 195 Å². The number of ether oxygens (including phenoxy) is 2.